The minimum absolute atomic E-state index is 0.172. The van der Waals surface area contributed by atoms with E-state index in [2.05, 4.69) is 0 Å². The molecule has 0 saturated heterocycles. The molecule has 2 aromatic carbocycles. The van der Waals surface area contributed by atoms with Crippen LogP contribution in [0.15, 0.2) is 64.1 Å². The number of rotatable bonds is 10. The number of sulfonamides is 1. The first-order valence-electron chi connectivity index (χ1n) is 12.0. The van der Waals surface area contributed by atoms with Crippen molar-refractivity contribution in [2.75, 3.05) is 10.8 Å². The second-order valence-electron chi connectivity index (χ2n) is 9.83. The van der Waals surface area contributed by atoms with Crippen molar-refractivity contribution < 1.29 is 32.6 Å². The molecule has 3 aromatic rings. The van der Waals surface area contributed by atoms with Crippen molar-refractivity contribution in [2.24, 2.45) is 0 Å². The first-order valence-corrected chi connectivity index (χ1v) is 13.5. The van der Waals surface area contributed by atoms with Gasteiger partial charge in [0.05, 0.1) is 17.8 Å². The number of fused-ring (bicyclic) bond motifs is 1. The lowest BCUT2D eigenvalue weighted by Gasteiger charge is -2.31. The van der Waals surface area contributed by atoms with Crippen LogP contribution in [-0.2, 0) is 34.3 Å². The van der Waals surface area contributed by atoms with Gasteiger partial charge in [-0.05, 0) is 92.6 Å². The van der Waals surface area contributed by atoms with Crippen molar-refractivity contribution in [1.82, 2.24) is 0 Å². The number of carboxylic acids is 1. The second kappa shape index (κ2) is 10.4. The van der Waals surface area contributed by atoms with E-state index in [0.717, 1.165) is 47.6 Å². The smallest absolute Gasteiger partial charge is 0.328 e. The lowest BCUT2D eigenvalue weighted by atomic mass is 10.1. The maximum Gasteiger partial charge on any atom is 0.328 e. The number of aliphatic hydroxyl groups is 1. The number of ether oxygens (including phenoxy) is 1. The monoisotopic (exact) mass is 525 g/mol. The molecule has 0 saturated carbocycles. The van der Waals surface area contributed by atoms with E-state index in [-0.39, 0.29) is 18.2 Å². The molecule has 2 N–H and O–H groups in total. The van der Waals surface area contributed by atoms with Gasteiger partial charge in [-0.15, -0.1) is 0 Å². The van der Waals surface area contributed by atoms with Gasteiger partial charge in [0, 0.05) is 6.08 Å². The van der Waals surface area contributed by atoms with Gasteiger partial charge in [0.25, 0.3) is 10.0 Å². The largest absolute Gasteiger partial charge is 0.487 e. The molecule has 0 aliphatic heterocycles. The van der Waals surface area contributed by atoms with Crippen LogP contribution in [0.5, 0.6) is 5.75 Å². The summed E-state index contributed by atoms with van der Waals surface area (Å²) in [5.74, 6) is -0.160. The van der Waals surface area contributed by atoms with Gasteiger partial charge in [0.2, 0.25) is 5.09 Å². The van der Waals surface area contributed by atoms with Gasteiger partial charge < -0.3 is 19.4 Å². The number of benzene rings is 2. The minimum atomic E-state index is -4.14. The van der Waals surface area contributed by atoms with E-state index in [9.17, 15) is 18.3 Å². The van der Waals surface area contributed by atoms with E-state index in [4.69, 9.17) is 14.3 Å². The summed E-state index contributed by atoms with van der Waals surface area (Å²) in [5, 5.41) is 19.2. The average Bonchev–Trinajstić information content (AvgIpc) is 3.48. The van der Waals surface area contributed by atoms with Gasteiger partial charge in [-0.1, -0.05) is 24.3 Å². The standard InChI is InChI=1S/C28H31NO7S/c1-19-7-14-27(36-19)37(33,34)29(18-28(2,3)32)24-15-22-5-4-6-23(22)16-25(24)35-17-21-10-8-20(9-11-21)12-13-26(30)31/h7-16,32H,4-6,17-18H2,1-3H3,(H,30,31)/b13-12+. The maximum absolute atomic E-state index is 13.7. The van der Waals surface area contributed by atoms with Crippen LogP contribution in [0.1, 0.15) is 48.3 Å². The molecule has 1 aromatic heterocycles. The molecule has 0 spiro atoms. The van der Waals surface area contributed by atoms with Crippen LogP contribution in [0.2, 0.25) is 0 Å². The summed E-state index contributed by atoms with van der Waals surface area (Å²) in [7, 11) is -4.14. The molecular weight excluding hydrogens is 494 g/mol. The van der Waals surface area contributed by atoms with Crippen molar-refractivity contribution in [3.63, 3.8) is 0 Å². The van der Waals surface area contributed by atoms with E-state index in [1.54, 1.807) is 39.0 Å². The maximum atomic E-state index is 13.7. The third-order valence-corrected chi connectivity index (χ3v) is 7.66. The second-order valence-corrected chi connectivity index (χ2v) is 11.6. The van der Waals surface area contributed by atoms with Crippen LogP contribution in [0, 0.1) is 6.92 Å². The van der Waals surface area contributed by atoms with Gasteiger partial charge in [-0.3, -0.25) is 4.31 Å². The van der Waals surface area contributed by atoms with E-state index >= 15 is 0 Å². The van der Waals surface area contributed by atoms with E-state index in [0.29, 0.717) is 17.2 Å². The molecule has 1 heterocycles. The number of carboxylic acid groups (broad SMARTS) is 1. The third kappa shape index (κ3) is 6.42. The zero-order valence-electron chi connectivity index (χ0n) is 21.1. The van der Waals surface area contributed by atoms with Crippen LogP contribution in [-0.4, -0.2) is 36.7 Å². The Morgan fingerprint density at radius 2 is 1.78 bits per heavy atom. The molecule has 9 heteroatoms. The Labute approximate surface area is 216 Å². The van der Waals surface area contributed by atoms with Crippen LogP contribution in [0.25, 0.3) is 6.08 Å². The van der Waals surface area contributed by atoms with E-state index in [1.165, 1.54) is 16.4 Å². The highest BCUT2D eigenvalue weighted by Gasteiger charge is 2.35. The van der Waals surface area contributed by atoms with Crippen LogP contribution >= 0.6 is 0 Å². The summed E-state index contributed by atoms with van der Waals surface area (Å²) in [6.45, 7) is 4.75. The topological polar surface area (TPSA) is 117 Å². The van der Waals surface area contributed by atoms with Crippen LogP contribution in [0.4, 0.5) is 5.69 Å². The molecule has 0 bridgehead atoms. The minimum Gasteiger partial charge on any atom is -0.487 e. The van der Waals surface area contributed by atoms with Crippen LogP contribution in [0.3, 0.4) is 0 Å². The van der Waals surface area contributed by atoms with Gasteiger partial charge in [-0.2, -0.15) is 8.42 Å². The average molecular weight is 526 g/mol. The number of furan rings is 1. The van der Waals surface area contributed by atoms with Gasteiger partial charge in [0.15, 0.2) is 0 Å². The highest BCUT2D eigenvalue weighted by Crippen LogP contribution is 2.39. The molecule has 8 nitrogen and oxygen atoms in total. The van der Waals surface area contributed by atoms with Gasteiger partial charge in [-0.25, -0.2) is 4.79 Å². The number of aliphatic carboxylic acids is 1. The summed E-state index contributed by atoms with van der Waals surface area (Å²) in [6.07, 6.45) is 5.26. The van der Waals surface area contributed by atoms with Gasteiger partial charge >= 0.3 is 5.97 Å². The molecule has 0 atom stereocenters. The van der Waals surface area contributed by atoms with Crippen molar-refractivity contribution in [3.05, 3.63) is 82.6 Å². The summed E-state index contributed by atoms with van der Waals surface area (Å²) in [5.41, 5.74) is 2.76. The molecular formula is C28H31NO7S. The van der Waals surface area contributed by atoms with Gasteiger partial charge in [0.1, 0.15) is 18.1 Å². The number of nitrogens with zero attached hydrogens (tertiary/aromatic N) is 1. The molecule has 196 valence electrons. The number of anilines is 1. The Morgan fingerprint density at radius 1 is 1.11 bits per heavy atom. The normalized spacial score (nSPS) is 13.6. The van der Waals surface area contributed by atoms with E-state index < -0.39 is 21.6 Å². The number of aryl methyl sites for hydroxylation is 3. The SMILES string of the molecule is Cc1ccc(S(=O)(=O)N(CC(C)(C)O)c2cc3c(cc2OCc2ccc(/C=C/C(=O)O)cc2)CCC3)o1. The lowest BCUT2D eigenvalue weighted by molar-refractivity contribution is -0.131. The van der Waals surface area contributed by atoms with Crippen molar-refractivity contribution in [3.8, 4) is 5.75 Å². The van der Waals surface area contributed by atoms with Crippen molar-refractivity contribution >= 4 is 27.8 Å². The molecule has 4 rings (SSSR count). The van der Waals surface area contributed by atoms with Crippen LogP contribution < -0.4 is 9.04 Å². The first-order chi connectivity index (χ1) is 17.4. The Balaban J connectivity index is 1.70. The Hall–Kier alpha value is -3.56. The predicted octanol–water partition coefficient (Wildman–Crippen LogP) is 4.72. The molecule has 0 fully saturated rings. The predicted molar refractivity (Wildman–Crippen MR) is 140 cm³/mol. The van der Waals surface area contributed by atoms with Crippen molar-refractivity contribution in [2.45, 2.75) is 57.3 Å². The van der Waals surface area contributed by atoms with Crippen molar-refractivity contribution in [1.29, 1.82) is 0 Å². The highest BCUT2D eigenvalue weighted by molar-refractivity contribution is 7.92. The molecule has 0 unspecified atom stereocenters. The molecule has 0 amide bonds. The Morgan fingerprint density at radius 3 is 2.38 bits per heavy atom. The number of carbonyl (C=O) groups is 1. The summed E-state index contributed by atoms with van der Waals surface area (Å²) < 4.78 is 40.3. The number of hydrogen-bond donors (Lipinski definition) is 2. The quantitative estimate of drug-likeness (QED) is 0.368. The molecule has 0 radical (unpaired) electrons. The summed E-state index contributed by atoms with van der Waals surface area (Å²) in [4.78, 5) is 10.7. The zero-order chi connectivity index (χ0) is 26.8. The zero-order valence-corrected chi connectivity index (χ0v) is 21.9. The first kappa shape index (κ1) is 26.5. The summed E-state index contributed by atoms with van der Waals surface area (Å²) in [6, 6.07) is 14.0. The molecule has 37 heavy (non-hydrogen) atoms. The number of hydrogen-bond acceptors (Lipinski definition) is 6. The fraction of sp³-hybridized carbons (Fsp3) is 0.321. The Kier molecular flexibility index (Phi) is 7.47. The Bertz CT molecular complexity index is 1410. The van der Waals surface area contributed by atoms with E-state index in [1.807, 2.05) is 24.3 Å². The highest BCUT2D eigenvalue weighted by atomic mass is 32.2. The lowest BCUT2D eigenvalue weighted by Crippen LogP contribution is -2.42. The summed E-state index contributed by atoms with van der Waals surface area (Å²) >= 11 is 0. The fourth-order valence-electron chi connectivity index (χ4n) is 4.26. The third-order valence-electron chi connectivity index (χ3n) is 6.03. The molecule has 1 aliphatic rings. The molecule has 1 aliphatic carbocycles. The fourth-order valence-corrected chi connectivity index (χ4v) is 5.84.